The first-order valence-corrected chi connectivity index (χ1v) is 6.65. The summed E-state index contributed by atoms with van der Waals surface area (Å²) in [4.78, 5) is 4.36. The maximum atomic E-state index is 4.36. The molecule has 0 radical (unpaired) electrons. The van der Waals surface area contributed by atoms with E-state index in [0.29, 0.717) is 5.41 Å². The maximum Gasteiger partial charge on any atom is 0.0930 e. The zero-order chi connectivity index (χ0) is 10.7. The van der Waals surface area contributed by atoms with Gasteiger partial charge in [-0.2, -0.15) is 0 Å². The first-order chi connectivity index (χ1) is 7.16. The number of hydrogen-bond acceptors (Lipinski definition) is 3. The normalized spacial score (nSPS) is 16.9. The molecule has 1 N–H and O–H groups in total. The minimum atomic E-state index is 0.375. The Balaban J connectivity index is 1.72. The maximum absolute atomic E-state index is 4.36. The van der Waals surface area contributed by atoms with Gasteiger partial charge in [-0.15, -0.1) is 11.3 Å². The number of hydrogen-bond donors (Lipinski definition) is 1. The molecule has 0 unspecified atom stereocenters. The average Bonchev–Trinajstić information content (AvgIpc) is 2.83. The molecule has 0 atom stereocenters. The van der Waals surface area contributed by atoms with E-state index in [1.807, 2.05) is 6.20 Å². The second kappa shape index (κ2) is 4.62. The van der Waals surface area contributed by atoms with E-state index in [9.17, 15) is 0 Å². The molecule has 1 saturated carbocycles. The lowest BCUT2D eigenvalue weighted by Gasteiger charge is -2.23. The Labute approximate surface area is 96.1 Å². The van der Waals surface area contributed by atoms with Crippen LogP contribution >= 0.6 is 11.3 Å². The van der Waals surface area contributed by atoms with E-state index < -0.39 is 0 Å². The molecule has 0 aliphatic heterocycles. The van der Waals surface area contributed by atoms with Crippen molar-refractivity contribution < 1.29 is 0 Å². The molecular formula is C12H20N2S. The van der Waals surface area contributed by atoms with Crippen LogP contribution < -0.4 is 5.32 Å². The minimum absolute atomic E-state index is 0.375. The Morgan fingerprint density at radius 2 is 2.33 bits per heavy atom. The van der Waals surface area contributed by atoms with E-state index in [0.717, 1.165) is 19.0 Å². The van der Waals surface area contributed by atoms with Gasteiger partial charge in [0, 0.05) is 24.0 Å². The van der Waals surface area contributed by atoms with Crippen LogP contribution in [0.3, 0.4) is 0 Å². The zero-order valence-corrected chi connectivity index (χ0v) is 10.4. The van der Waals surface area contributed by atoms with E-state index in [1.54, 1.807) is 11.3 Å². The molecule has 2 rings (SSSR count). The van der Waals surface area contributed by atoms with Crippen LogP contribution in [0, 0.1) is 5.41 Å². The van der Waals surface area contributed by atoms with Crippen molar-refractivity contribution >= 4 is 11.3 Å². The summed E-state index contributed by atoms with van der Waals surface area (Å²) in [6.45, 7) is 5.83. The van der Waals surface area contributed by atoms with Gasteiger partial charge < -0.3 is 5.32 Å². The highest BCUT2D eigenvalue weighted by atomic mass is 32.1. The summed E-state index contributed by atoms with van der Waals surface area (Å²) in [5.74, 6) is 0. The van der Waals surface area contributed by atoms with E-state index in [1.165, 1.54) is 24.3 Å². The number of thiazole rings is 1. The molecule has 1 fully saturated rings. The largest absolute Gasteiger partial charge is 0.314 e. The lowest BCUT2D eigenvalue weighted by atomic mass is 9.86. The second-order valence-corrected chi connectivity index (χ2v) is 6.22. The first-order valence-electron chi connectivity index (χ1n) is 5.77. The highest BCUT2D eigenvalue weighted by molar-refractivity contribution is 7.09. The molecule has 84 valence electrons. The van der Waals surface area contributed by atoms with Gasteiger partial charge in [0.25, 0.3) is 0 Å². The van der Waals surface area contributed by atoms with Gasteiger partial charge in [0.15, 0.2) is 0 Å². The topological polar surface area (TPSA) is 24.9 Å². The van der Waals surface area contributed by atoms with Crippen LogP contribution in [-0.4, -0.2) is 17.6 Å². The van der Waals surface area contributed by atoms with Crippen LogP contribution in [0.2, 0.25) is 0 Å². The predicted octanol–water partition coefficient (Wildman–Crippen LogP) is 2.85. The molecule has 0 aromatic carbocycles. The van der Waals surface area contributed by atoms with Crippen molar-refractivity contribution in [2.75, 3.05) is 6.54 Å². The van der Waals surface area contributed by atoms with Crippen molar-refractivity contribution in [3.63, 3.8) is 0 Å². The van der Waals surface area contributed by atoms with Gasteiger partial charge in [-0.05, 0) is 31.2 Å². The fraction of sp³-hybridized carbons (Fsp3) is 0.750. The lowest BCUT2D eigenvalue weighted by molar-refractivity contribution is 0.324. The summed E-state index contributed by atoms with van der Waals surface area (Å²) < 4.78 is 0. The fourth-order valence-electron chi connectivity index (χ4n) is 1.74. The number of aromatic nitrogens is 1. The molecule has 0 spiro atoms. The summed E-state index contributed by atoms with van der Waals surface area (Å²) in [6.07, 6.45) is 7.01. The Morgan fingerprint density at radius 1 is 1.53 bits per heavy atom. The third-order valence-corrected chi connectivity index (χ3v) is 3.71. The van der Waals surface area contributed by atoms with E-state index >= 15 is 0 Å². The number of rotatable bonds is 6. The standard InChI is InChI=1S/C12H20N2S/c1-12(2,5-6-13-10-3-4-10)9-11-14-7-8-15-11/h7-8,10,13H,3-6,9H2,1-2H3. The zero-order valence-electron chi connectivity index (χ0n) is 9.62. The molecule has 15 heavy (non-hydrogen) atoms. The van der Waals surface area contributed by atoms with E-state index in [-0.39, 0.29) is 0 Å². The van der Waals surface area contributed by atoms with Crippen LogP contribution in [0.1, 0.15) is 38.1 Å². The third kappa shape index (κ3) is 3.92. The smallest absolute Gasteiger partial charge is 0.0930 e. The molecule has 1 aromatic heterocycles. The summed E-state index contributed by atoms with van der Waals surface area (Å²) >= 11 is 1.77. The van der Waals surface area contributed by atoms with Gasteiger partial charge >= 0.3 is 0 Å². The van der Waals surface area contributed by atoms with Crippen molar-refractivity contribution in [1.82, 2.24) is 10.3 Å². The van der Waals surface area contributed by atoms with Crippen molar-refractivity contribution in [3.05, 3.63) is 16.6 Å². The van der Waals surface area contributed by atoms with E-state index in [4.69, 9.17) is 0 Å². The van der Waals surface area contributed by atoms with Crippen molar-refractivity contribution in [2.24, 2.45) is 5.41 Å². The highest BCUT2D eigenvalue weighted by Gasteiger charge is 2.23. The molecule has 1 aliphatic rings. The number of nitrogens with zero attached hydrogens (tertiary/aromatic N) is 1. The van der Waals surface area contributed by atoms with Gasteiger partial charge in [0.2, 0.25) is 0 Å². The van der Waals surface area contributed by atoms with Crippen LogP contribution in [-0.2, 0) is 6.42 Å². The molecule has 0 saturated heterocycles. The Morgan fingerprint density at radius 3 is 2.93 bits per heavy atom. The molecule has 0 amide bonds. The highest BCUT2D eigenvalue weighted by Crippen LogP contribution is 2.27. The minimum Gasteiger partial charge on any atom is -0.314 e. The average molecular weight is 224 g/mol. The first kappa shape index (κ1) is 11.1. The molecule has 1 aliphatic carbocycles. The Hall–Kier alpha value is -0.410. The molecule has 2 nitrogen and oxygen atoms in total. The third-order valence-electron chi connectivity index (χ3n) is 2.93. The quantitative estimate of drug-likeness (QED) is 0.803. The van der Waals surface area contributed by atoms with Crippen LogP contribution in [0.4, 0.5) is 0 Å². The van der Waals surface area contributed by atoms with Gasteiger partial charge in [0.1, 0.15) is 0 Å². The lowest BCUT2D eigenvalue weighted by Crippen LogP contribution is -2.25. The summed E-state index contributed by atoms with van der Waals surface area (Å²) in [5.41, 5.74) is 0.375. The molecule has 1 aromatic rings. The predicted molar refractivity (Wildman–Crippen MR) is 65.2 cm³/mol. The van der Waals surface area contributed by atoms with Crippen molar-refractivity contribution in [3.8, 4) is 0 Å². The van der Waals surface area contributed by atoms with Crippen molar-refractivity contribution in [1.29, 1.82) is 0 Å². The van der Waals surface area contributed by atoms with Crippen molar-refractivity contribution in [2.45, 2.75) is 45.6 Å². The van der Waals surface area contributed by atoms with Gasteiger partial charge in [0.05, 0.1) is 5.01 Å². The van der Waals surface area contributed by atoms with Crippen LogP contribution in [0.5, 0.6) is 0 Å². The fourth-order valence-corrected chi connectivity index (χ4v) is 2.61. The molecule has 1 heterocycles. The monoisotopic (exact) mass is 224 g/mol. The summed E-state index contributed by atoms with van der Waals surface area (Å²) in [7, 11) is 0. The Kier molecular flexibility index (Phi) is 3.42. The van der Waals surface area contributed by atoms with Crippen LogP contribution in [0.15, 0.2) is 11.6 Å². The van der Waals surface area contributed by atoms with Crippen LogP contribution in [0.25, 0.3) is 0 Å². The molecular weight excluding hydrogens is 204 g/mol. The summed E-state index contributed by atoms with van der Waals surface area (Å²) in [6, 6.07) is 0.834. The second-order valence-electron chi connectivity index (χ2n) is 5.25. The van der Waals surface area contributed by atoms with Gasteiger partial charge in [-0.25, -0.2) is 4.98 Å². The number of nitrogens with one attached hydrogen (secondary N) is 1. The molecule has 0 bridgehead atoms. The van der Waals surface area contributed by atoms with Gasteiger partial charge in [-0.3, -0.25) is 0 Å². The molecule has 3 heteroatoms. The van der Waals surface area contributed by atoms with Gasteiger partial charge in [-0.1, -0.05) is 13.8 Å². The van der Waals surface area contributed by atoms with E-state index in [2.05, 4.69) is 29.5 Å². The SMILES string of the molecule is CC(C)(CCNC1CC1)Cc1nccs1. The Bertz CT molecular complexity index is 289. The summed E-state index contributed by atoms with van der Waals surface area (Å²) in [5, 5.41) is 6.91.